The molecule has 0 aliphatic carbocycles. The third-order valence-electron chi connectivity index (χ3n) is 2.84. The number of rotatable bonds is 6. The van der Waals surface area contributed by atoms with E-state index in [1.807, 2.05) is 18.2 Å². The number of carbonyl (C=O) groups is 2. The van der Waals surface area contributed by atoms with Crippen LogP contribution in [0.15, 0.2) is 22.7 Å². The predicted octanol–water partition coefficient (Wildman–Crippen LogP) is 1.86. The first-order valence-electron chi connectivity index (χ1n) is 6.07. The van der Waals surface area contributed by atoms with E-state index in [9.17, 15) is 9.59 Å². The summed E-state index contributed by atoms with van der Waals surface area (Å²) in [6, 6.07) is 5.61. The molecule has 0 saturated heterocycles. The number of hydrogen-bond donors (Lipinski definition) is 2. The molecule has 1 atom stereocenters. The molecule has 0 spiro atoms. The fraction of sp³-hybridized carbons (Fsp3) is 0.385. The first kappa shape index (κ1) is 15.2. The van der Waals surface area contributed by atoms with Crippen molar-refractivity contribution in [2.24, 2.45) is 0 Å². The minimum atomic E-state index is -0.843. The van der Waals surface area contributed by atoms with Crippen LogP contribution < -0.4 is 10.1 Å². The van der Waals surface area contributed by atoms with E-state index in [2.05, 4.69) is 21.2 Å². The maximum Gasteiger partial charge on any atom is 0.313 e. The summed E-state index contributed by atoms with van der Waals surface area (Å²) in [7, 11) is 0. The Labute approximate surface area is 129 Å². The van der Waals surface area contributed by atoms with E-state index < -0.39 is 5.97 Å². The van der Waals surface area contributed by atoms with E-state index in [1.165, 1.54) is 11.8 Å². The standard InChI is InChI=1S/C13H14BrNO4S/c14-8-1-2-11-9(5-8)10(6-19-11)13(18)15-3-4-20-7-12(16)17/h1-2,5,10H,3-4,6-7H2,(H,15,18)(H,16,17). The van der Waals surface area contributed by atoms with Gasteiger partial charge in [0.1, 0.15) is 18.3 Å². The van der Waals surface area contributed by atoms with Crippen molar-refractivity contribution in [2.75, 3.05) is 24.7 Å². The number of aliphatic carboxylic acids is 1. The van der Waals surface area contributed by atoms with Crippen LogP contribution >= 0.6 is 27.7 Å². The van der Waals surface area contributed by atoms with Crippen molar-refractivity contribution in [1.82, 2.24) is 5.32 Å². The number of amides is 1. The summed E-state index contributed by atoms with van der Waals surface area (Å²) in [6.45, 7) is 0.802. The van der Waals surface area contributed by atoms with Gasteiger partial charge < -0.3 is 15.2 Å². The Morgan fingerprint density at radius 1 is 1.50 bits per heavy atom. The highest BCUT2D eigenvalue weighted by molar-refractivity contribution is 9.10. The van der Waals surface area contributed by atoms with Gasteiger partial charge in [-0.05, 0) is 18.2 Å². The van der Waals surface area contributed by atoms with E-state index in [0.29, 0.717) is 18.9 Å². The Morgan fingerprint density at radius 2 is 2.30 bits per heavy atom. The molecular formula is C13H14BrNO4S. The van der Waals surface area contributed by atoms with Crippen LogP contribution in [0.3, 0.4) is 0 Å². The van der Waals surface area contributed by atoms with Crippen molar-refractivity contribution in [2.45, 2.75) is 5.92 Å². The lowest BCUT2D eigenvalue weighted by Crippen LogP contribution is -2.32. The van der Waals surface area contributed by atoms with Gasteiger partial charge in [0.2, 0.25) is 5.91 Å². The summed E-state index contributed by atoms with van der Waals surface area (Å²) < 4.78 is 6.40. The summed E-state index contributed by atoms with van der Waals surface area (Å²) in [5, 5.41) is 11.3. The lowest BCUT2D eigenvalue weighted by atomic mass is 10.0. The van der Waals surface area contributed by atoms with Crippen LogP contribution in [0.1, 0.15) is 11.5 Å². The van der Waals surface area contributed by atoms with Crippen molar-refractivity contribution in [3.05, 3.63) is 28.2 Å². The van der Waals surface area contributed by atoms with E-state index >= 15 is 0 Å². The molecule has 2 N–H and O–H groups in total. The third kappa shape index (κ3) is 3.89. The highest BCUT2D eigenvalue weighted by atomic mass is 79.9. The number of carboxylic acid groups (broad SMARTS) is 1. The van der Waals surface area contributed by atoms with Gasteiger partial charge >= 0.3 is 5.97 Å². The lowest BCUT2D eigenvalue weighted by Gasteiger charge is -2.10. The van der Waals surface area contributed by atoms with Gasteiger partial charge in [-0.1, -0.05) is 15.9 Å². The highest BCUT2D eigenvalue weighted by Gasteiger charge is 2.30. The van der Waals surface area contributed by atoms with Crippen LogP contribution in [0.5, 0.6) is 5.75 Å². The number of fused-ring (bicyclic) bond motifs is 1. The molecule has 0 bridgehead atoms. The van der Waals surface area contributed by atoms with E-state index in [1.54, 1.807) is 0 Å². The summed E-state index contributed by atoms with van der Waals surface area (Å²) in [6.07, 6.45) is 0. The summed E-state index contributed by atoms with van der Waals surface area (Å²) >= 11 is 4.66. The highest BCUT2D eigenvalue weighted by Crippen LogP contribution is 2.35. The van der Waals surface area contributed by atoms with E-state index in [0.717, 1.165) is 15.8 Å². The number of halogens is 1. The monoisotopic (exact) mass is 359 g/mol. The van der Waals surface area contributed by atoms with Crippen LogP contribution in [-0.2, 0) is 9.59 Å². The first-order chi connectivity index (χ1) is 9.58. The second-order valence-electron chi connectivity index (χ2n) is 4.28. The van der Waals surface area contributed by atoms with Crippen molar-refractivity contribution in [3.63, 3.8) is 0 Å². The normalized spacial score (nSPS) is 16.4. The van der Waals surface area contributed by atoms with Crippen LogP contribution in [0.2, 0.25) is 0 Å². The first-order valence-corrected chi connectivity index (χ1v) is 8.02. The number of benzene rings is 1. The van der Waals surface area contributed by atoms with Gasteiger partial charge in [0.25, 0.3) is 0 Å². The van der Waals surface area contributed by atoms with Gasteiger partial charge in [0, 0.05) is 22.3 Å². The van der Waals surface area contributed by atoms with Crippen LogP contribution in [0, 0.1) is 0 Å². The van der Waals surface area contributed by atoms with E-state index in [-0.39, 0.29) is 17.6 Å². The number of hydrogen-bond acceptors (Lipinski definition) is 4. The van der Waals surface area contributed by atoms with Crippen LogP contribution in [-0.4, -0.2) is 41.6 Å². The zero-order valence-corrected chi connectivity index (χ0v) is 13.0. The van der Waals surface area contributed by atoms with Gasteiger partial charge in [0.15, 0.2) is 0 Å². The van der Waals surface area contributed by atoms with Gasteiger partial charge in [-0.15, -0.1) is 11.8 Å². The van der Waals surface area contributed by atoms with Gasteiger partial charge in [-0.3, -0.25) is 9.59 Å². The third-order valence-corrected chi connectivity index (χ3v) is 4.28. The fourth-order valence-corrected chi connectivity index (χ4v) is 2.88. The predicted molar refractivity (Wildman–Crippen MR) is 80.3 cm³/mol. The number of carbonyl (C=O) groups excluding carboxylic acids is 1. The summed E-state index contributed by atoms with van der Waals surface area (Å²) in [5.74, 6) is 0.150. The van der Waals surface area contributed by atoms with Gasteiger partial charge in [0.05, 0.1) is 5.75 Å². The van der Waals surface area contributed by atoms with Crippen LogP contribution in [0.4, 0.5) is 0 Å². The molecule has 20 heavy (non-hydrogen) atoms. The Hall–Kier alpha value is -1.21. The molecule has 0 fully saturated rings. The van der Waals surface area contributed by atoms with Crippen molar-refractivity contribution in [1.29, 1.82) is 0 Å². The lowest BCUT2D eigenvalue weighted by molar-refractivity contribution is -0.133. The molecule has 2 rings (SSSR count). The Morgan fingerprint density at radius 3 is 3.05 bits per heavy atom. The number of carboxylic acids is 1. The summed E-state index contributed by atoms with van der Waals surface area (Å²) in [5.41, 5.74) is 0.884. The molecular weight excluding hydrogens is 346 g/mol. The quantitative estimate of drug-likeness (QED) is 0.758. The smallest absolute Gasteiger partial charge is 0.313 e. The Bertz CT molecular complexity index is 523. The molecule has 1 unspecified atom stereocenters. The van der Waals surface area contributed by atoms with Crippen molar-refractivity contribution >= 4 is 39.6 Å². The molecule has 1 aliphatic rings. The number of nitrogens with one attached hydrogen (secondary N) is 1. The molecule has 0 aromatic heterocycles. The molecule has 0 radical (unpaired) electrons. The second kappa shape index (κ2) is 6.99. The molecule has 1 aliphatic heterocycles. The Balaban J connectivity index is 1.83. The fourth-order valence-electron chi connectivity index (χ4n) is 1.93. The minimum Gasteiger partial charge on any atom is -0.492 e. The molecule has 1 aromatic carbocycles. The average Bonchev–Trinajstić information content (AvgIpc) is 2.80. The topological polar surface area (TPSA) is 75.6 Å². The maximum absolute atomic E-state index is 12.1. The van der Waals surface area contributed by atoms with Crippen LogP contribution in [0.25, 0.3) is 0 Å². The zero-order valence-electron chi connectivity index (χ0n) is 10.6. The molecule has 1 amide bonds. The SMILES string of the molecule is O=C(O)CSCCNC(=O)C1COc2ccc(Br)cc21. The van der Waals surface area contributed by atoms with Crippen molar-refractivity contribution in [3.8, 4) is 5.75 Å². The van der Waals surface area contributed by atoms with Gasteiger partial charge in [-0.2, -0.15) is 0 Å². The largest absolute Gasteiger partial charge is 0.492 e. The summed E-state index contributed by atoms with van der Waals surface area (Å²) in [4.78, 5) is 22.4. The number of thioether (sulfide) groups is 1. The number of ether oxygens (including phenoxy) is 1. The molecule has 7 heteroatoms. The van der Waals surface area contributed by atoms with Crippen molar-refractivity contribution < 1.29 is 19.4 Å². The molecule has 108 valence electrons. The Kier molecular flexibility index (Phi) is 5.31. The second-order valence-corrected chi connectivity index (χ2v) is 6.30. The molecule has 1 aromatic rings. The minimum absolute atomic E-state index is 0.0538. The average molecular weight is 360 g/mol. The zero-order chi connectivity index (χ0) is 14.5. The maximum atomic E-state index is 12.1. The molecule has 0 saturated carbocycles. The molecule has 5 nitrogen and oxygen atoms in total. The van der Waals surface area contributed by atoms with Gasteiger partial charge in [-0.25, -0.2) is 0 Å². The molecule has 1 heterocycles. The van der Waals surface area contributed by atoms with E-state index in [4.69, 9.17) is 9.84 Å².